The minimum Gasteiger partial charge on any atom is -0.381 e. The van der Waals surface area contributed by atoms with Crippen molar-refractivity contribution in [2.24, 2.45) is 17.8 Å². The van der Waals surface area contributed by atoms with Crippen LogP contribution >= 0.6 is 0 Å². The van der Waals surface area contributed by atoms with Crippen LogP contribution < -0.4 is 10.6 Å². The molecule has 0 unspecified atom stereocenters. The number of aromatic nitrogens is 7. The zero-order valence-electron chi connectivity index (χ0n) is 26.1. The smallest absolute Gasteiger partial charge is 0.381 e. The highest BCUT2D eigenvalue weighted by Crippen LogP contribution is 2.42. The zero-order chi connectivity index (χ0) is 33.5. The van der Waals surface area contributed by atoms with Gasteiger partial charge in [0.1, 0.15) is 6.33 Å². The Kier molecular flexibility index (Phi) is 9.19. The standard InChI is InChI=1S/C30H38F5N9O3/c1-16(2)44-25(37-15-38-44)27(46)40-24(17-3-7-29(31,32)8-4-17)22-14-43-28(39-22)41-23(18-5-9-47-10-6-18)21(42-43)12-19-11-20(30(33,34)35)13-36-26(19)45/h14-20,24H,3-13H2,1-2H3,(H,36,45)(H,40,46)/t19-,20-,24+/m1/s1. The number of piperidine rings is 1. The van der Waals surface area contributed by atoms with Crippen molar-refractivity contribution in [1.82, 2.24) is 45.0 Å². The Morgan fingerprint density at radius 2 is 1.87 bits per heavy atom. The van der Waals surface area contributed by atoms with Gasteiger partial charge in [0.05, 0.1) is 35.2 Å². The van der Waals surface area contributed by atoms with E-state index in [1.165, 1.54) is 15.5 Å². The second kappa shape index (κ2) is 13.0. The van der Waals surface area contributed by atoms with Crippen LogP contribution in [0.25, 0.3) is 5.78 Å². The highest BCUT2D eigenvalue weighted by atomic mass is 19.4. The molecule has 6 rings (SSSR count). The molecule has 0 bridgehead atoms. The molecular formula is C30H38F5N9O3. The molecule has 1 saturated carbocycles. The van der Waals surface area contributed by atoms with E-state index < -0.39 is 48.3 Å². The van der Waals surface area contributed by atoms with Gasteiger partial charge in [-0.1, -0.05) is 0 Å². The fraction of sp³-hybridized carbons (Fsp3) is 0.700. The number of alkyl halides is 5. The molecule has 2 N–H and O–H groups in total. The first-order valence-corrected chi connectivity index (χ1v) is 16.1. The molecule has 3 aliphatic rings. The lowest BCUT2D eigenvalue weighted by Gasteiger charge is -2.33. The monoisotopic (exact) mass is 667 g/mol. The van der Waals surface area contributed by atoms with Gasteiger partial charge in [-0.25, -0.2) is 32.9 Å². The summed E-state index contributed by atoms with van der Waals surface area (Å²) >= 11 is 0. The van der Waals surface area contributed by atoms with Crippen molar-refractivity contribution in [1.29, 1.82) is 0 Å². The van der Waals surface area contributed by atoms with E-state index in [9.17, 15) is 31.5 Å². The molecule has 0 aromatic carbocycles. The Morgan fingerprint density at radius 3 is 2.55 bits per heavy atom. The summed E-state index contributed by atoms with van der Waals surface area (Å²) in [7, 11) is 0. The summed E-state index contributed by atoms with van der Waals surface area (Å²) in [5.41, 5.74) is 1.29. The van der Waals surface area contributed by atoms with Gasteiger partial charge in [0.25, 0.3) is 11.7 Å². The van der Waals surface area contributed by atoms with Crippen LogP contribution in [0.15, 0.2) is 12.5 Å². The first-order chi connectivity index (χ1) is 22.3. The molecular weight excluding hydrogens is 629 g/mol. The maximum absolute atomic E-state index is 14.2. The molecule has 3 fully saturated rings. The minimum absolute atomic E-state index is 0.0513. The van der Waals surface area contributed by atoms with Crippen molar-refractivity contribution in [3.8, 4) is 0 Å². The van der Waals surface area contributed by atoms with E-state index in [0.717, 1.165) is 0 Å². The van der Waals surface area contributed by atoms with Crippen LogP contribution in [0.4, 0.5) is 22.0 Å². The lowest BCUT2D eigenvalue weighted by Crippen LogP contribution is -2.47. The van der Waals surface area contributed by atoms with Gasteiger partial charge in [-0.15, -0.1) is 0 Å². The summed E-state index contributed by atoms with van der Waals surface area (Å²) in [6.07, 6.45) is -1.21. The average Bonchev–Trinajstić information content (AvgIpc) is 3.68. The number of nitrogens with one attached hydrogen (secondary N) is 2. The second-order valence-corrected chi connectivity index (χ2v) is 13.1. The lowest BCUT2D eigenvalue weighted by molar-refractivity contribution is -0.183. The predicted molar refractivity (Wildman–Crippen MR) is 155 cm³/mol. The Labute approximate surface area is 267 Å². The highest BCUT2D eigenvalue weighted by molar-refractivity contribution is 5.91. The largest absolute Gasteiger partial charge is 0.393 e. The Bertz CT molecular complexity index is 1590. The van der Waals surface area contributed by atoms with Crippen molar-refractivity contribution in [3.63, 3.8) is 0 Å². The van der Waals surface area contributed by atoms with Gasteiger partial charge in [-0.2, -0.15) is 23.4 Å². The number of fused-ring (bicyclic) bond motifs is 1. The van der Waals surface area contributed by atoms with Crippen molar-refractivity contribution in [2.75, 3.05) is 19.8 Å². The fourth-order valence-electron chi connectivity index (χ4n) is 6.86. The number of hydrogen-bond acceptors (Lipinski definition) is 8. The van der Waals surface area contributed by atoms with Crippen LogP contribution in [0.5, 0.6) is 0 Å². The van der Waals surface area contributed by atoms with E-state index in [2.05, 4.69) is 20.7 Å². The van der Waals surface area contributed by atoms with Crippen molar-refractivity contribution >= 4 is 17.6 Å². The summed E-state index contributed by atoms with van der Waals surface area (Å²) in [5.74, 6) is -6.66. The van der Waals surface area contributed by atoms with E-state index in [0.29, 0.717) is 43.1 Å². The van der Waals surface area contributed by atoms with Crippen LogP contribution in [0.1, 0.15) is 104 Å². The first-order valence-electron chi connectivity index (χ1n) is 16.1. The van der Waals surface area contributed by atoms with Gasteiger partial charge in [0.15, 0.2) is 0 Å². The molecule has 1 aliphatic carbocycles. The minimum atomic E-state index is -4.45. The number of carbonyl (C=O) groups excluding carboxylic acids is 2. The highest BCUT2D eigenvalue weighted by Gasteiger charge is 2.45. The van der Waals surface area contributed by atoms with Gasteiger partial charge in [0, 0.05) is 56.9 Å². The van der Waals surface area contributed by atoms with Gasteiger partial charge in [0.2, 0.25) is 17.7 Å². The summed E-state index contributed by atoms with van der Waals surface area (Å²) in [6, 6.07) is -0.945. The maximum Gasteiger partial charge on any atom is 0.393 e. The van der Waals surface area contributed by atoms with Gasteiger partial charge >= 0.3 is 6.18 Å². The number of nitrogens with zero attached hydrogens (tertiary/aromatic N) is 7. The third-order valence-electron chi connectivity index (χ3n) is 9.51. The quantitative estimate of drug-likeness (QED) is 0.338. The Morgan fingerprint density at radius 1 is 1.15 bits per heavy atom. The maximum atomic E-state index is 14.2. The molecule has 47 heavy (non-hydrogen) atoms. The number of ether oxygens (including phenoxy) is 1. The molecule has 17 heteroatoms. The number of carbonyl (C=O) groups is 2. The molecule has 5 heterocycles. The van der Waals surface area contributed by atoms with Crippen LogP contribution in [-0.2, 0) is 16.0 Å². The van der Waals surface area contributed by atoms with Crippen molar-refractivity contribution < 1.29 is 36.3 Å². The van der Waals surface area contributed by atoms with Crippen LogP contribution in [-0.4, -0.2) is 78.0 Å². The SMILES string of the molecule is CC(C)n1ncnc1C(=O)N[C@H](c1cn2nc(C[C@H]3C[C@@H](C(F)(F)F)CNC3=O)c(C3CCOCC3)nc2n1)C1CCC(F)(F)CC1. The van der Waals surface area contributed by atoms with Gasteiger partial charge in [-0.05, 0) is 51.9 Å². The topological polar surface area (TPSA) is 141 Å². The van der Waals surface area contributed by atoms with Crippen LogP contribution in [0, 0.1) is 17.8 Å². The average molecular weight is 668 g/mol. The second-order valence-electron chi connectivity index (χ2n) is 13.1. The molecule has 12 nitrogen and oxygen atoms in total. The number of amides is 2. The van der Waals surface area contributed by atoms with Gasteiger partial charge in [-0.3, -0.25) is 9.59 Å². The molecule has 3 aromatic rings. The van der Waals surface area contributed by atoms with E-state index in [1.807, 2.05) is 13.8 Å². The molecule has 2 amide bonds. The molecule has 3 atom stereocenters. The van der Waals surface area contributed by atoms with E-state index in [1.54, 1.807) is 6.20 Å². The van der Waals surface area contributed by atoms with Gasteiger partial charge < -0.3 is 15.4 Å². The van der Waals surface area contributed by atoms with E-state index in [4.69, 9.17) is 19.8 Å². The molecule has 0 spiro atoms. The molecule has 2 aliphatic heterocycles. The first kappa shape index (κ1) is 33.2. The summed E-state index contributed by atoms with van der Waals surface area (Å²) in [6.45, 7) is 4.17. The van der Waals surface area contributed by atoms with Crippen molar-refractivity contribution in [3.05, 3.63) is 35.4 Å². The summed E-state index contributed by atoms with van der Waals surface area (Å²) in [4.78, 5) is 39.8. The fourth-order valence-corrected chi connectivity index (χ4v) is 6.86. The Balaban J connectivity index is 1.36. The third kappa shape index (κ3) is 7.23. The predicted octanol–water partition coefficient (Wildman–Crippen LogP) is 4.34. The van der Waals surface area contributed by atoms with Crippen LogP contribution in [0.3, 0.4) is 0 Å². The summed E-state index contributed by atoms with van der Waals surface area (Å²) in [5, 5.41) is 14.2. The third-order valence-corrected chi connectivity index (χ3v) is 9.51. The normalized spacial score (nSPS) is 23.6. The van der Waals surface area contributed by atoms with E-state index in [-0.39, 0.29) is 68.0 Å². The summed E-state index contributed by atoms with van der Waals surface area (Å²) < 4.78 is 77.5. The molecule has 0 radical (unpaired) electrons. The van der Waals surface area contributed by atoms with Crippen molar-refractivity contribution in [2.45, 2.75) is 95.3 Å². The number of imidazole rings is 1. The zero-order valence-corrected chi connectivity index (χ0v) is 26.1. The number of rotatable bonds is 8. The molecule has 3 aromatic heterocycles. The van der Waals surface area contributed by atoms with E-state index >= 15 is 0 Å². The number of hydrogen-bond donors (Lipinski definition) is 2. The van der Waals surface area contributed by atoms with Crippen LogP contribution in [0.2, 0.25) is 0 Å². The number of halogens is 5. The lowest BCUT2D eigenvalue weighted by atomic mass is 9.81. The Hall–Kier alpha value is -3.76. The molecule has 256 valence electrons. The molecule has 2 saturated heterocycles.